The van der Waals surface area contributed by atoms with Gasteiger partial charge in [0.15, 0.2) is 0 Å². The monoisotopic (exact) mass is 495 g/mol. The molecule has 0 aromatic heterocycles. The number of halogens is 1. The Balaban J connectivity index is 1.64. The number of benzene rings is 2. The van der Waals surface area contributed by atoms with E-state index in [1.54, 1.807) is 47.0 Å². The van der Waals surface area contributed by atoms with E-state index in [9.17, 15) is 13.2 Å². The molecule has 174 valence electrons. The van der Waals surface area contributed by atoms with Crippen LogP contribution in [0.15, 0.2) is 59.5 Å². The highest BCUT2D eigenvalue weighted by Gasteiger charge is 2.30. The summed E-state index contributed by atoms with van der Waals surface area (Å²) in [6.45, 7) is 3.64. The number of carbonyl (C=O) groups is 1. The third kappa shape index (κ3) is 7.22. The smallest absolute Gasteiger partial charge is 0.241 e. The first kappa shape index (κ1) is 25.1. The maximum Gasteiger partial charge on any atom is 0.241 e. The molecule has 3 rings (SSSR count). The number of nitrogens with zero attached hydrogens (tertiary/aromatic N) is 2. The summed E-state index contributed by atoms with van der Waals surface area (Å²) in [6.07, 6.45) is 3.25. The van der Waals surface area contributed by atoms with Gasteiger partial charge in [0.25, 0.3) is 0 Å². The van der Waals surface area contributed by atoms with Gasteiger partial charge in [0, 0.05) is 37.7 Å². The van der Waals surface area contributed by atoms with Gasteiger partial charge in [-0.25, -0.2) is 8.42 Å². The van der Waals surface area contributed by atoms with Gasteiger partial charge in [-0.05, 0) is 54.7 Å². The summed E-state index contributed by atoms with van der Waals surface area (Å²) in [4.78, 5) is 17.6. The third-order valence-electron chi connectivity index (χ3n) is 5.48. The molecule has 0 spiro atoms. The van der Waals surface area contributed by atoms with Gasteiger partial charge in [0.2, 0.25) is 15.9 Å². The van der Waals surface area contributed by atoms with Crippen molar-refractivity contribution in [3.8, 4) is 0 Å². The van der Waals surface area contributed by atoms with Crippen LogP contribution < -0.4 is 4.72 Å². The molecule has 0 bridgehead atoms. The molecule has 1 amide bonds. The fourth-order valence-electron chi connectivity index (χ4n) is 3.74. The quantitative estimate of drug-likeness (QED) is 0.576. The number of nitrogens with one attached hydrogen (secondary N) is 1. The molecule has 2 aromatic rings. The predicted octanol–water partition coefficient (Wildman–Crippen LogP) is 3.47. The molecule has 9 heteroatoms. The number of rotatable bonds is 9. The van der Waals surface area contributed by atoms with Crippen LogP contribution in [0.1, 0.15) is 18.4 Å². The van der Waals surface area contributed by atoms with Gasteiger partial charge in [-0.15, -0.1) is 0 Å². The van der Waals surface area contributed by atoms with E-state index < -0.39 is 16.1 Å². The second-order valence-electron chi connectivity index (χ2n) is 7.85. The van der Waals surface area contributed by atoms with Gasteiger partial charge >= 0.3 is 0 Å². The molecule has 1 unspecified atom stereocenters. The fraction of sp³-hybridized carbons (Fsp3) is 0.435. The molecule has 1 fully saturated rings. The zero-order valence-electron chi connectivity index (χ0n) is 18.2. The summed E-state index contributed by atoms with van der Waals surface area (Å²) >= 11 is 7.58. The van der Waals surface area contributed by atoms with Gasteiger partial charge < -0.3 is 4.90 Å². The van der Waals surface area contributed by atoms with E-state index in [0.29, 0.717) is 25.3 Å². The molecular weight excluding hydrogens is 466 g/mol. The van der Waals surface area contributed by atoms with Gasteiger partial charge in [-0.3, -0.25) is 9.69 Å². The Morgan fingerprint density at radius 1 is 1.06 bits per heavy atom. The zero-order valence-corrected chi connectivity index (χ0v) is 20.6. The average Bonchev–Trinajstić information content (AvgIpc) is 3.04. The summed E-state index contributed by atoms with van der Waals surface area (Å²) in [5.74, 6) is 0.552. The maximum absolute atomic E-state index is 13.3. The van der Waals surface area contributed by atoms with E-state index >= 15 is 0 Å². The van der Waals surface area contributed by atoms with Crippen LogP contribution in [0.4, 0.5) is 0 Å². The van der Waals surface area contributed by atoms with E-state index in [2.05, 4.69) is 9.62 Å². The molecule has 1 saturated heterocycles. The minimum absolute atomic E-state index is 0.146. The lowest BCUT2D eigenvalue weighted by Crippen LogP contribution is -2.49. The Morgan fingerprint density at radius 2 is 1.78 bits per heavy atom. The lowest BCUT2D eigenvalue weighted by atomic mass is 10.2. The van der Waals surface area contributed by atoms with Crippen molar-refractivity contribution in [2.75, 3.05) is 38.2 Å². The Labute approximate surface area is 200 Å². The van der Waals surface area contributed by atoms with Crippen molar-refractivity contribution < 1.29 is 13.2 Å². The first-order chi connectivity index (χ1) is 15.4. The minimum atomic E-state index is -3.77. The topological polar surface area (TPSA) is 69.7 Å². The summed E-state index contributed by atoms with van der Waals surface area (Å²) in [7, 11) is -3.77. The van der Waals surface area contributed by atoms with Crippen molar-refractivity contribution in [2.24, 2.45) is 0 Å². The number of sulfonamides is 1. The zero-order chi connectivity index (χ0) is 23.0. The van der Waals surface area contributed by atoms with E-state index in [4.69, 9.17) is 11.6 Å². The SMILES string of the molecule is CSCCC(NS(=O)(=O)c1ccccc1)C(=O)N1CCCN(Cc2ccc(Cl)cc2)CC1. The Morgan fingerprint density at radius 3 is 2.47 bits per heavy atom. The summed E-state index contributed by atoms with van der Waals surface area (Å²) in [6, 6.07) is 15.3. The molecule has 1 atom stereocenters. The highest BCUT2D eigenvalue weighted by atomic mass is 35.5. The number of thioether (sulfide) groups is 1. The van der Waals surface area contributed by atoms with Crippen molar-refractivity contribution in [3.05, 3.63) is 65.2 Å². The fourth-order valence-corrected chi connectivity index (χ4v) is 5.58. The largest absolute Gasteiger partial charge is 0.340 e. The molecule has 0 saturated carbocycles. The first-order valence-electron chi connectivity index (χ1n) is 10.7. The molecule has 1 heterocycles. The van der Waals surface area contributed by atoms with Gasteiger partial charge in [0.1, 0.15) is 6.04 Å². The highest BCUT2D eigenvalue weighted by Crippen LogP contribution is 2.16. The Kier molecular flexibility index (Phi) is 9.43. The van der Waals surface area contributed by atoms with Crippen molar-refractivity contribution in [2.45, 2.75) is 30.3 Å². The summed E-state index contributed by atoms with van der Waals surface area (Å²) in [5, 5.41) is 0.718. The van der Waals surface area contributed by atoms with Gasteiger partial charge in [-0.2, -0.15) is 16.5 Å². The molecule has 1 aliphatic rings. The first-order valence-corrected chi connectivity index (χ1v) is 14.0. The molecule has 6 nitrogen and oxygen atoms in total. The van der Waals surface area contributed by atoms with Crippen LogP contribution in [0.25, 0.3) is 0 Å². The Bertz CT molecular complexity index is 972. The standard InChI is InChI=1S/C23H30ClN3O3S2/c1-31-17-12-22(25-32(29,30)21-6-3-2-4-7-21)23(28)27-14-5-13-26(15-16-27)18-19-8-10-20(24)11-9-19/h2-4,6-11,22,25H,5,12-18H2,1H3. The number of amides is 1. The lowest BCUT2D eigenvalue weighted by Gasteiger charge is -2.27. The second-order valence-corrected chi connectivity index (χ2v) is 11.0. The van der Waals surface area contributed by atoms with E-state index in [1.807, 2.05) is 30.5 Å². The molecule has 32 heavy (non-hydrogen) atoms. The van der Waals surface area contributed by atoms with Crippen LogP contribution in [-0.4, -0.2) is 68.4 Å². The lowest BCUT2D eigenvalue weighted by molar-refractivity contribution is -0.132. The van der Waals surface area contributed by atoms with E-state index in [1.165, 1.54) is 5.56 Å². The average molecular weight is 496 g/mol. The Hall–Kier alpha value is -1.58. The number of carbonyl (C=O) groups excluding carboxylic acids is 1. The van der Waals surface area contributed by atoms with Crippen molar-refractivity contribution in [1.82, 2.24) is 14.5 Å². The number of hydrogen-bond donors (Lipinski definition) is 1. The van der Waals surface area contributed by atoms with Crippen LogP contribution in [0.3, 0.4) is 0 Å². The van der Waals surface area contributed by atoms with E-state index in [0.717, 1.165) is 31.1 Å². The minimum Gasteiger partial charge on any atom is -0.340 e. The van der Waals surface area contributed by atoms with Crippen LogP contribution in [0, 0.1) is 0 Å². The van der Waals surface area contributed by atoms with Crippen LogP contribution in [0.5, 0.6) is 0 Å². The molecule has 1 N–H and O–H groups in total. The summed E-state index contributed by atoms with van der Waals surface area (Å²) in [5.41, 5.74) is 1.18. The third-order valence-corrected chi connectivity index (χ3v) is 7.86. The van der Waals surface area contributed by atoms with Gasteiger partial charge in [0.05, 0.1) is 4.90 Å². The van der Waals surface area contributed by atoms with Gasteiger partial charge in [-0.1, -0.05) is 41.9 Å². The molecule has 0 radical (unpaired) electrons. The van der Waals surface area contributed by atoms with E-state index in [-0.39, 0.29) is 10.8 Å². The number of hydrogen-bond acceptors (Lipinski definition) is 5. The van der Waals surface area contributed by atoms with Crippen molar-refractivity contribution in [1.29, 1.82) is 0 Å². The molecule has 0 aliphatic carbocycles. The van der Waals surface area contributed by atoms with Crippen LogP contribution in [0.2, 0.25) is 5.02 Å². The van der Waals surface area contributed by atoms with Crippen molar-refractivity contribution in [3.63, 3.8) is 0 Å². The maximum atomic E-state index is 13.3. The van der Waals surface area contributed by atoms with Crippen LogP contribution >= 0.6 is 23.4 Å². The predicted molar refractivity (Wildman–Crippen MR) is 131 cm³/mol. The second kappa shape index (κ2) is 12.0. The van der Waals surface area contributed by atoms with Crippen LogP contribution in [-0.2, 0) is 21.4 Å². The molecule has 2 aromatic carbocycles. The van der Waals surface area contributed by atoms with Crippen molar-refractivity contribution >= 4 is 39.3 Å². The normalized spacial score (nSPS) is 16.5. The molecule has 1 aliphatic heterocycles. The summed E-state index contributed by atoms with van der Waals surface area (Å²) < 4.78 is 28.3. The molecular formula is C23H30ClN3O3S2. The highest BCUT2D eigenvalue weighted by molar-refractivity contribution is 7.98.